The quantitative estimate of drug-likeness (QED) is 0.793. The summed E-state index contributed by atoms with van der Waals surface area (Å²) < 4.78 is 10.5. The molecule has 0 spiro atoms. The molecule has 0 aromatic heterocycles. The zero-order valence-corrected chi connectivity index (χ0v) is 14.7. The molecular formula is C17H27ClN2O3. The summed E-state index contributed by atoms with van der Waals surface area (Å²) in [5, 5.41) is 6.43. The van der Waals surface area contributed by atoms with Crippen LogP contribution in [0.2, 0.25) is 0 Å². The molecule has 6 heteroatoms. The first-order valence-electron chi connectivity index (χ1n) is 7.77. The second-order valence-corrected chi connectivity index (χ2v) is 5.98. The molecule has 5 nitrogen and oxygen atoms in total. The summed E-state index contributed by atoms with van der Waals surface area (Å²) in [6, 6.07) is 7.60. The monoisotopic (exact) mass is 342 g/mol. The van der Waals surface area contributed by atoms with Crippen molar-refractivity contribution in [2.24, 2.45) is 5.41 Å². The van der Waals surface area contributed by atoms with E-state index in [1.54, 1.807) is 14.2 Å². The third kappa shape index (κ3) is 6.01. The molecule has 1 fully saturated rings. The van der Waals surface area contributed by atoms with Crippen LogP contribution in [0.25, 0.3) is 0 Å². The average Bonchev–Trinajstić information content (AvgIpc) is 2.55. The van der Waals surface area contributed by atoms with Crippen LogP contribution in [0, 0.1) is 5.41 Å². The van der Waals surface area contributed by atoms with Crippen LogP contribution < -0.4 is 15.4 Å². The average molecular weight is 343 g/mol. The van der Waals surface area contributed by atoms with E-state index in [1.165, 1.54) is 0 Å². The maximum Gasteiger partial charge on any atom is 0.224 e. The molecule has 1 aliphatic rings. The number of rotatable bonds is 7. The molecule has 1 amide bonds. The van der Waals surface area contributed by atoms with Crippen molar-refractivity contribution in [1.29, 1.82) is 0 Å². The second-order valence-electron chi connectivity index (χ2n) is 5.98. The lowest BCUT2D eigenvalue weighted by atomic mass is 9.79. The van der Waals surface area contributed by atoms with Crippen LogP contribution in [0.1, 0.15) is 18.4 Å². The van der Waals surface area contributed by atoms with Gasteiger partial charge in [-0.15, -0.1) is 12.4 Å². The van der Waals surface area contributed by atoms with Crippen LogP contribution in [0.15, 0.2) is 24.3 Å². The highest BCUT2D eigenvalue weighted by Gasteiger charge is 2.32. The maximum atomic E-state index is 12.2. The Morgan fingerprint density at radius 3 is 2.43 bits per heavy atom. The Morgan fingerprint density at radius 1 is 1.22 bits per heavy atom. The van der Waals surface area contributed by atoms with E-state index < -0.39 is 0 Å². The number of carbonyl (C=O) groups is 1. The summed E-state index contributed by atoms with van der Waals surface area (Å²) in [6.45, 7) is 3.34. The van der Waals surface area contributed by atoms with Gasteiger partial charge in [0.15, 0.2) is 0 Å². The predicted octanol–water partition coefficient (Wildman–Crippen LogP) is 1.79. The first-order chi connectivity index (χ1) is 10.7. The normalized spacial score (nSPS) is 16.3. The van der Waals surface area contributed by atoms with Crippen molar-refractivity contribution in [3.8, 4) is 5.75 Å². The van der Waals surface area contributed by atoms with E-state index in [2.05, 4.69) is 10.6 Å². The molecule has 23 heavy (non-hydrogen) atoms. The fourth-order valence-corrected chi connectivity index (χ4v) is 2.91. The Balaban J connectivity index is 0.00000264. The summed E-state index contributed by atoms with van der Waals surface area (Å²) in [5.41, 5.74) is 1.06. The van der Waals surface area contributed by atoms with Gasteiger partial charge in [0.1, 0.15) is 5.75 Å². The van der Waals surface area contributed by atoms with E-state index in [4.69, 9.17) is 9.47 Å². The van der Waals surface area contributed by atoms with Crippen molar-refractivity contribution >= 4 is 18.3 Å². The number of ether oxygens (including phenoxy) is 2. The molecule has 2 rings (SSSR count). The molecule has 2 N–H and O–H groups in total. The van der Waals surface area contributed by atoms with Crippen molar-refractivity contribution in [2.45, 2.75) is 19.3 Å². The fourth-order valence-electron chi connectivity index (χ4n) is 2.91. The van der Waals surface area contributed by atoms with Crippen molar-refractivity contribution in [2.75, 3.05) is 40.5 Å². The smallest absolute Gasteiger partial charge is 0.224 e. The highest BCUT2D eigenvalue weighted by atomic mass is 35.5. The van der Waals surface area contributed by atoms with Gasteiger partial charge in [-0.25, -0.2) is 0 Å². The van der Waals surface area contributed by atoms with E-state index in [0.717, 1.165) is 37.2 Å². The Bertz CT molecular complexity index is 468. The fraction of sp³-hybridized carbons (Fsp3) is 0.588. The first kappa shape index (κ1) is 19.7. The van der Waals surface area contributed by atoms with Crippen LogP contribution in [-0.4, -0.2) is 46.4 Å². The molecule has 0 aliphatic carbocycles. The number of nitrogens with one attached hydrogen (secondary N) is 2. The van der Waals surface area contributed by atoms with E-state index in [-0.39, 0.29) is 23.7 Å². The summed E-state index contributed by atoms with van der Waals surface area (Å²) in [4.78, 5) is 12.2. The number of methoxy groups -OCH3 is 2. The number of amides is 1. The Kier molecular flexibility index (Phi) is 8.37. The van der Waals surface area contributed by atoms with Gasteiger partial charge in [-0.2, -0.15) is 0 Å². The van der Waals surface area contributed by atoms with E-state index >= 15 is 0 Å². The van der Waals surface area contributed by atoms with Gasteiger partial charge in [-0.1, -0.05) is 12.1 Å². The van der Waals surface area contributed by atoms with E-state index in [0.29, 0.717) is 19.6 Å². The van der Waals surface area contributed by atoms with Gasteiger partial charge in [0, 0.05) is 19.1 Å². The van der Waals surface area contributed by atoms with Crippen LogP contribution in [0.3, 0.4) is 0 Å². The minimum absolute atomic E-state index is 0. The van der Waals surface area contributed by atoms with Crippen molar-refractivity contribution in [1.82, 2.24) is 10.6 Å². The minimum atomic E-state index is 0. The Labute approximate surface area is 144 Å². The topological polar surface area (TPSA) is 59.6 Å². The van der Waals surface area contributed by atoms with Crippen LogP contribution in [0.4, 0.5) is 0 Å². The molecule has 0 radical (unpaired) electrons. The van der Waals surface area contributed by atoms with E-state index in [9.17, 15) is 4.79 Å². The highest BCUT2D eigenvalue weighted by molar-refractivity contribution is 5.85. The van der Waals surface area contributed by atoms with Gasteiger partial charge in [-0.05, 0) is 43.6 Å². The van der Waals surface area contributed by atoms with Crippen molar-refractivity contribution in [3.63, 3.8) is 0 Å². The number of carbonyl (C=O) groups excluding carboxylic acids is 1. The van der Waals surface area contributed by atoms with Crippen LogP contribution >= 0.6 is 12.4 Å². The molecule has 1 aromatic rings. The maximum absolute atomic E-state index is 12.2. The lowest BCUT2D eigenvalue weighted by molar-refractivity contribution is -0.121. The molecule has 0 unspecified atom stereocenters. The molecule has 1 aromatic carbocycles. The van der Waals surface area contributed by atoms with Gasteiger partial charge in [-0.3, -0.25) is 4.79 Å². The number of hydrogen-bond acceptors (Lipinski definition) is 4. The van der Waals surface area contributed by atoms with Gasteiger partial charge >= 0.3 is 0 Å². The molecule has 1 aliphatic heterocycles. The highest BCUT2D eigenvalue weighted by Crippen LogP contribution is 2.28. The van der Waals surface area contributed by atoms with Gasteiger partial charge in [0.2, 0.25) is 5.91 Å². The number of halogens is 1. The molecular weight excluding hydrogens is 316 g/mol. The zero-order chi connectivity index (χ0) is 15.8. The largest absolute Gasteiger partial charge is 0.497 e. The summed E-state index contributed by atoms with van der Waals surface area (Å²) in [7, 11) is 3.36. The Morgan fingerprint density at radius 2 is 1.87 bits per heavy atom. The second kappa shape index (κ2) is 9.75. The molecule has 1 heterocycles. The van der Waals surface area contributed by atoms with Crippen LogP contribution in [-0.2, 0) is 16.0 Å². The molecule has 1 saturated heterocycles. The lowest BCUT2D eigenvalue weighted by Gasteiger charge is -2.37. The lowest BCUT2D eigenvalue weighted by Crippen LogP contribution is -2.47. The standard InChI is InChI=1S/C17H26N2O3.ClH/c1-21-13-17(7-9-18-10-8-17)12-19-16(20)11-14-3-5-15(22-2)6-4-14;/h3-6,18H,7-13H2,1-2H3,(H,19,20);1H. The van der Waals surface area contributed by atoms with Crippen LogP contribution in [0.5, 0.6) is 5.75 Å². The van der Waals surface area contributed by atoms with Gasteiger partial charge in [0.25, 0.3) is 0 Å². The number of piperidine rings is 1. The third-order valence-corrected chi connectivity index (χ3v) is 4.30. The predicted molar refractivity (Wildman–Crippen MR) is 93.4 cm³/mol. The van der Waals surface area contributed by atoms with E-state index in [1.807, 2.05) is 24.3 Å². The third-order valence-electron chi connectivity index (χ3n) is 4.30. The molecule has 0 bridgehead atoms. The zero-order valence-electron chi connectivity index (χ0n) is 13.9. The molecule has 130 valence electrons. The van der Waals surface area contributed by atoms with Crippen molar-refractivity contribution < 1.29 is 14.3 Å². The number of benzene rings is 1. The van der Waals surface area contributed by atoms with Gasteiger partial charge in [0.05, 0.1) is 20.1 Å². The first-order valence-corrected chi connectivity index (χ1v) is 7.77. The SMILES string of the molecule is COCC1(CNC(=O)Cc2ccc(OC)cc2)CCNCC1.Cl. The number of hydrogen-bond donors (Lipinski definition) is 2. The molecule has 0 atom stereocenters. The summed E-state index contributed by atoms with van der Waals surface area (Å²) in [5.74, 6) is 0.858. The summed E-state index contributed by atoms with van der Waals surface area (Å²) in [6.07, 6.45) is 2.46. The van der Waals surface area contributed by atoms with Gasteiger partial charge < -0.3 is 20.1 Å². The van der Waals surface area contributed by atoms with Crippen molar-refractivity contribution in [3.05, 3.63) is 29.8 Å². The summed E-state index contributed by atoms with van der Waals surface area (Å²) >= 11 is 0. The Hall–Kier alpha value is -1.30. The molecule has 0 saturated carbocycles. The minimum Gasteiger partial charge on any atom is -0.497 e.